The molecule has 1 saturated heterocycles. The van der Waals surface area contributed by atoms with Crippen LogP contribution >= 0.6 is 0 Å². The summed E-state index contributed by atoms with van der Waals surface area (Å²) in [6, 6.07) is 13.5. The number of benzene rings is 2. The Hall–Kier alpha value is -2.93. The van der Waals surface area contributed by atoms with Crippen molar-refractivity contribution in [2.75, 3.05) is 20.8 Å². The maximum Gasteiger partial charge on any atom is 0.326 e. The Bertz CT molecular complexity index is 874. The van der Waals surface area contributed by atoms with Gasteiger partial charge in [-0.1, -0.05) is 43.3 Å². The lowest BCUT2D eigenvalue weighted by molar-refractivity contribution is -0.133. The normalized spacial score (nSPS) is 19.2. The molecule has 0 aliphatic carbocycles. The van der Waals surface area contributed by atoms with Crippen molar-refractivity contribution in [2.45, 2.75) is 25.4 Å². The average Bonchev–Trinajstić information content (AvgIpc) is 2.94. The van der Waals surface area contributed by atoms with Crippen LogP contribution < -0.4 is 10.1 Å². The van der Waals surface area contributed by atoms with E-state index in [1.807, 2.05) is 37.3 Å². The molecule has 1 atom stereocenters. The number of hydrogen-bond acceptors (Lipinski definition) is 4. The van der Waals surface area contributed by atoms with E-state index in [0.717, 1.165) is 11.1 Å². The minimum atomic E-state index is -1.05. The van der Waals surface area contributed by atoms with Gasteiger partial charge in [0.15, 0.2) is 11.6 Å². The van der Waals surface area contributed by atoms with Gasteiger partial charge in [-0.3, -0.25) is 9.69 Å². The van der Waals surface area contributed by atoms with Gasteiger partial charge in [0.25, 0.3) is 5.91 Å². The molecule has 0 saturated carbocycles. The van der Waals surface area contributed by atoms with E-state index in [9.17, 15) is 14.0 Å². The van der Waals surface area contributed by atoms with Crippen molar-refractivity contribution in [2.24, 2.45) is 0 Å². The number of carbonyl (C=O) groups excluding carboxylic acids is 2. The molecule has 148 valence electrons. The summed E-state index contributed by atoms with van der Waals surface area (Å²) in [6.07, 6.45) is 0.450. The lowest BCUT2D eigenvalue weighted by Gasteiger charge is -2.27. The zero-order valence-corrected chi connectivity index (χ0v) is 16.2. The number of nitrogens with zero attached hydrogens (tertiary/aromatic N) is 2. The van der Waals surface area contributed by atoms with Crippen molar-refractivity contribution in [1.29, 1.82) is 0 Å². The molecular weight excluding hydrogens is 361 g/mol. The number of ether oxygens (including phenoxy) is 1. The summed E-state index contributed by atoms with van der Waals surface area (Å²) >= 11 is 0. The summed E-state index contributed by atoms with van der Waals surface area (Å²) in [4.78, 5) is 28.7. The first-order valence-electron chi connectivity index (χ1n) is 9.12. The van der Waals surface area contributed by atoms with Gasteiger partial charge in [0.1, 0.15) is 5.54 Å². The van der Waals surface area contributed by atoms with Gasteiger partial charge in [0, 0.05) is 6.54 Å². The molecule has 2 aromatic carbocycles. The maximum absolute atomic E-state index is 13.9. The van der Waals surface area contributed by atoms with Crippen molar-refractivity contribution in [3.8, 4) is 5.75 Å². The second-order valence-corrected chi connectivity index (χ2v) is 6.91. The molecule has 1 fully saturated rings. The van der Waals surface area contributed by atoms with E-state index in [-0.39, 0.29) is 18.3 Å². The zero-order chi connectivity index (χ0) is 20.3. The van der Waals surface area contributed by atoms with Crippen LogP contribution in [0, 0.1) is 5.82 Å². The number of halogens is 1. The molecule has 1 aliphatic rings. The Balaban J connectivity index is 1.74. The fourth-order valence-corrected chi connectivity index (χ4v) is 3.53. The van der Waals surface area contributed by atoms with E-state index in [1.165, 1.54) is 18.1 Å². The topological polar surface area (TPSA) is 61.9 Å². The van der Waals surface area contributed by atoms with Crippen molar-refractivity contribution in [3.05, 3.63) is 65.5 Å². The first-order valence-corrected chi connectivity index (χ1v) is 9.12. The third kappa shape index (κ3) is 3.57. The van der Waals surface area contributed by atoms with Gasteiger partial charge in [-0.25, -0.2) is 14.1 Å². The molecule has 1 aliphatic heterocycles. The molecule has 0 radical (unpaired) electrons. The molecule has 1 heterocycles. The second-order valence-electron chi connectivity index (χ2n) is 6.91. The standard InChI is InChI=1S/C21H24FN3O3/c1-4-21(16-8-6-5-7-9-16)19(26)25(20(27)23-21)14-24(2)13-15-10-11-18(28-3)17(22)12-15/h5-12H,4,13-14H2,1-3H3,(H,23,27)/t21-/m1/s1. The molecule has 0 aromatic heterocycles. The van der Waals surface area contributed by atoms with Crippen molar-refractivity contribution >= 4 is 11.9 Å². The molecule has 6 nitrogen and oxygen atoms in total. The van der Waals surface area contributed by atoms with Crippen LogP contribution in [0.2, 0.25) is 0 Å². The Labute approximate surface area is 163 Å². The Kier molecular flexibility index (Phi) is 5.65. The van der Waals surface area contributed by atoms with E-state index in [0.29, 0.717) is 13.0 Å². The maximum atomic E-state index is 13.9. The first kappa shape index (κ1) is 19.8. The van der Waals surface area contributed by atoms with E-state index in [4.69, 9.17) is 4.74 Å². The number of methoxy groups -OCH3 is 1. The van der Waals surface area contributed by atoms with Crippen LogP contribution in [-0.2, 0) is 16.9 Å². The fourth-order valence-electron chi connectivity index (χ4n) is 3.53. The number of urea groups is 1. The van der Waals surface area contributed by atoms with E-state index in [1.54, 1.807) is 24.1 Å². The van der Waals surface area contributed by atoms with Crippen LogP contribution in [0.3, 0.4) is 0 Å². The molecule has 7 heteroatoms. The Morgan fingerprint density at radius 3 is 2.50 bits per heavy atom. The minimum Gasteiger partial charge on any atom is -0.494 e. The number of hydrogen-bond donors (Lipinski definition) is 1. The summed E-state index contributed by atoms with van der Waals surface area (Å²) in [6.45, 7) is 2.36. The highest BCUT2D eigenvalue weighted by Crippen LogP contribution is 2.32. The van der Waals surface area contributed by atoms with Gasteiger partial charge in [-0.15, -0.1) is 0 Å². The molecule has 0 spiro atoms. The van der Waals surface area contributed by atoms with E-state index >= 15 is 0 Å². The molecule has 0 unspecified atom stereocenters. The second kappa shape index (κ2) is 7.98. The van der Waals surface area contributed by atoms with Crippen LogP contribution in [0.15, 0.2) is 48.5 Å². The molecule has 2 aromatic rings. The average molecular weight is 385 g/mol. The predicted molar refractivity (Wildman–Crippen MR) is 103 cm³/mol. The number of rotatable bonds is 7. The summed E-state index contributed by atoms with van der Waals surface area (Å²) in [5, 5.41) is 2.86. The number of nitrogens with one attached hydrogen (secondary N) is 1. The summed E-state index contributed by atoms with van der Waals surface area (Å²) < 4.78 is 18.8. The van der Waals surface area contributed by atoms with Crippen molar-refractivity contribution in [1.82, 2.24) is 15.1 Å². The van der Waals surface area contributed by atoms with Crippen LogP contribution in [0.1, 0.15) is 24.5 Å². The van der Waals surface area contributed by atoms with Gasteiger partial charge in [0.2, 0.25) is 0 Å². The SMILES string of the molecule is CC[C@]1(c2ccccc2)NC(=O)N(CN(C)Cc2ccc(OC)c(F)c2)C1=O. The molecule has 1 N–H and O–H groups in total. The molecular formula is C21H24FN3O3. The Morgan fingerprint density at radius 1 is 1.18 bits per heavy atom. The lowest BCUT2D eigenvalue weighted by Crippen LogP contribution is -2.44. The number of amides is 3. The quantitative estimate of drug-likeness (QED) is 0.744. The van der Waals surface area contributed by atoms with Crippen LogP contribution in [0.4, 0.5) is 9.18 Å². The zero-order valence-electron chi connectivity index (χ0n) is 16.2. The fraction of sp³-hybridized carbons (Fsp3) is 0.333. The monoisotopic (exact) mass is 385 g/mol. The summed E-state index contributed by atoms with van der Waals surface area (Å²) in [5.74, 6) is -0.549. The highest BCUT2D eigenvalue weighted by molar-refractivity contribution is 6.07. The van der Waals surface area contributed by atoms with E-state index < -0.39 is 17.4 Å². The van der Waals surface area contributed by atoms with Crippen molar-refractivity contribution in [3.63, 3.8) is 0 Å². The smallest absolute Gasteiger partial charge is 0.326 e. The minimum absolute atomic E-state index is 0.104. The summed E-state index contributed by atoms with van der Waals surface area (Å²) in [7, 11) is 3.19. The van der Waals surface area contributed by atoms with Gasteiger partial charge in [0.05, 0.1) is 13.8 Å². The Morgan fingerprint density at radius 2 is 1.89 bits per heavy atom. The summed E-state index contributed by atoms with van der Waals surface area (Å²) in [5.41, 5.74) is 0.432. The first-order chi connectivity index (χ1) is 13.4. The van der Waals surface area contributed by atoms with Gasteiger partial charge in [-0.05, 0) is 36.7 Å². The third-order valence-corrected chi connectivity index (χ3v) is 5.02. The third-order valence-electron chi connectivity index (χ3n) is 5.02. The number of carbonyl (C=O) groups is 2. The number of imide groups is 1. The van der Waals surface area contributed by atoms with Crippen LogP contribution in [0.25, 0.3) is 0 Å². The lowest BCUT2D eigenvalue weighted by atomic mass is 9.87. The van der Waals surface area contributed by atoms with Crippen molar-refractivity contribution < 1.29 is 18.7 Å². The van der Waals surface area contributed by atoms with Crippen LogP contribution in [-0.4, -0.2) is 42.6 Å². The highest BCUT2D eigenvalue weighted by atomic mass is 19.1. The molecule has 3 amide bonds. The largest absolute Gasteiger partial charge is 0.494 e. The van der Waals surface area contributed by atoms with Crippen LogP contribution in [0.5, 0.6) is 5.75 Å². The molecule has 0 bridgehead atoms. The van der Waals surface area contributed by atoms with Gasteiger partial charge in [-0.2, -0.15) is 0 Å². The van der Waals surface area contributed by atoms with E-state index in [2.05, 4.69) is 5.32 Å². The molecule has 3 rings (SSSR count). The highest BCUT2D eigenvalue weighted by Gasteiger charge is 2.51. The van der Waals surface area contributed by atoms with Gasteiger partial charge >= 0.3 is 6.03 Å². The van der Waals surface area contributed by atoms with Gasteiger partial charge < -0.3 is 10.1 Å². The predicted octanol–water partition coefficient (Wildman–Crippen LogP) is 3.08. The molecule has 28 heavy (non-hydrogen) atoms.